The second kappa shape index (κ2) is 8.41. The number of benzene rings is 1. The molecule has 0 fully saturated rings. The molecule has 1 nitrogen and oxygen atoms in total. The Morgan fingerprint density at radius 2 is 1.90 bits per heavy atom. The summed E-state index contributed by atoms with van der Waals surface area (Å²) < 4.78 is 13.4. The lowest BCUT2D eigenvalue weighted by molar-refractivity contribution is 0.393. The molecule has 0 bridgehead atoms. The quantitative estimate of drug-likeness (QED) is 0.639. The van der Waals surface area contributed by atoms with E-state index in [9.17, 15) is 4.39 Å². The van der Waals surface area contributed by atoms with Crippen LogP contribution in [0, 0.1) is 5.82 Å². The molecule has 1 atom stereocenters. The van der Waals surface area contributed by atoms with E-state index in [0.717, 1.165) is 18.5 Å². The molecule has 1 N–H and O–H groups in total. The van der Waals surface area contributed by atoms with Gasteiger partial charge in [0.15, 0.2) is 0 Å². The first-order valence-corrected chi connectivity index (χ1v) is 7.93. The zero-order chi connectivity index (χ0) is 15.0. The summed E-state index contributed by atoms with van der Waals surface area (Å²) in [4.78, 5) is 0. The highest BCUT2D eigenvalue weighted by molar-refractivity contribution is 5.21. The molecule has 2 heteroatoms. The van der Waals surface area contributed by atoms with Crippen LogP contribution in [0.15, 0.2) is 24.3 Å². The van der Waals surface area contributed by atoms with E-state index in [1.54, 1.807) is 6.07 Å². The highest BCUT2D eigenvalue weighted by atomic mass is 19.1. The number of hydrogen-bond acceptors (Lipinski definition) is 1. The molecule has 0 saturated heterocycles. The minimum absolute atomic E-state index is 0.106. The molecular formula is C18H30FN. The average Bonchev–Trinajstić information content (AvgIpc) is 2.36. The average molecular weight is 279 g/mol. The summed E-state index contributed by atoms with van der Waals surface area (Å²) in [6.45, 7) is 9.66. The van der Waals surface area contributed by atoms with E-state index < -0.39 is 0 Å². The van der Waals surface area contributed by atoms with Gasteiger partial charge in [0, 0.05) is 12.1 Å². The molecule has 114 valence electrons. The van der Waals surface area contributed by atoms with Gasteiger partial charge in [0.1, 0.15) is 5.82 Å². The minimum atomic E-state index is -0.128. The van der Waals surface area contributed by atoms with Gasteiger partial charge in [-0.05, 0) is 50.8 Å². The molecule has 0 aromatic heterocycles. The molecule has 0 spiro atoms. The van der Waals surface area contributed by atoms with Crippen molar-refractivity contribution in [3.05, 3.63) is 35.6 Å². The smallest absolute Gasteiger partial charge is 0.123 e. The predicted molar refractivity (Wildman–Crippen MR) is 85.7 cm³/mol. The first-order valence-electron chi connectivity index (χ1n) is 7.93. The maximum Gasteiger partial charge on any atom is 0.123 e. The van der Waals surface area contributed by atoms with E-state index in [0.29, 0.717) is 5.92 Å². The fourth-order valence-electron chi connectivity index (χ4n) is 2.39. The van der Waals surface area contributed by atoms with Gasteiger partial charge in [-0.2, -0.15) is 0 Å². The van der Waals surface area contributed by atoms with E-state index in [-0.39, 0.29) is 11.4 Å². The van der Waals surface area contributed by atoms with Crippen LogP contribution < -0.4 is 5.32 Å². The summed E-state index contributed by atoms with van der Waals surface area (Å²) in [5, 5.41) is 3.56. The maximum absolute atomic E-state index is 13.4. The summed E-state index contributed by atoms with van der Waals surface area (Å²) in [6, 6.07) is 7.09. The molecule has 1 aromatic rings. The minimum Gasteiger partial charge on any atom is -0.311 e. The Bertz CT molecular complexity index is 381. The molecule has 0 amide bonds. The van der Waals surface area contributed by atoms with Crippen molar-refractivity contribution in [1.82, 2.24) is 5.32 Å². The van der Waals surface area contributed by atoms with Crippen molar-refractivity contribution in [2.24, 2.45) is 0 Å². The van der Waals surface area contributed by atoms with Crippen LogP contribution in [0.25, 0.3) is 0 Å². The molecule has 1 rings (SSSR count). The van der Waals surface area contributed by atoms with Crippen molar-refractivity contribution < 1.29 is 4.39 Å². The van der Waals surface area contributed by atoms with Gasteiger partial charge < -0.3 is 5.32 Å². The van der Waals surface area contributed by atoms with Gasteiger partial charge in [-0.1, -0.05) is 44.7 Å². The Balaban J connectivity index is 2.63. The second-order valence-corrected chi connectivity index (χ2v) is 6.73. The largest absolute Gasteiger partial charge is 0.311 e. The molecule has 0 radical (unpaired) electrons. The van der Waals surface area contributed by atoms with Crippen molar-refractivity contribution in [3.8, 4) is 0 Å². The van der Waals surface area contributed by atoms with E-state index in [2.05, 4.69) is 39.1 Å². The van der Waals surface area contributed by atoms with Gasteiger partial charge in [-0.15, -0.1) is 0 Å². The van der Waals surface area contributed by atoms with E-state index in [4.69, 9.17) is 0 Å². The van der Waals surface area contributed by atoms with Crippen LogP contribution in [0.4, 0.5) is 4.39 Å². The third-order valence-corrected chi connectivity index (χ3v) is 3.61. The lowest BCUT2D eigenvalue weighted by Crippen LogP contribution is -2.38. The van der Waals surface area contributed by atoms with Gasteiger partial charge in [0.05, 0.1) is 0 Å². The zero-order valence-corrected chi connectivity index (χ0v) is 13.5. The fourth-order valence-corrected chi connectivity index (χ4v) is 2.39. The molecule has 1 aromatic carbocycles. The number of nitrogens with one attached hydrogen (secondary N) is 1. The van der Waals surface area contributed by atoms with Gasteiger partial charge in [-0.25, -0.2) is 4.39 Å². The van der Waals surface area contributed by atoms with Crippen molar-refractivity contribution in [1.29, 1.82) is 0 Å². The summed E-state index contributed by atoms with van der Waals surface area (Å²) in [5.74, 6) is 0.276. The van der Waals surface area contributed by atoms with Crippen molar-refractivity contribution in [2.75, 3.05) is 6.54 Å². The van der Waals surface area contributed by atoms with E-state index >= 15 is 0 Å². The third kappa shape index (κ3) is 7.04. The molecule has 0 aliphatic rings. The van der Waals surface area contributed by atoms with Crippen LogP contribution in [-0.2, 0) is 0 Å². The SMILES string of the molecule is CCCCCCC(CNC(C)(C)C)c1cccc(F)c1. The topological polar surface area (TPSA) is 12.0 Å². The van der Waals surface area contributed by atoms with Gasteiger partial charge >= 0.3 is 0 Å². The molecule has 0 heterocycles. The normalized spacial score (nSPS) is 13.4. The second-order valence-electron chi connectivity index (χ2n) is 6.73. The Hall–Kier alpha value is -0.890. The third-order valence-electron chi connectivity index (χ3n) is 3.61. The van der Waals surface area contributed by atoms with Crippen LogP contribution in [0.1, 0.15) is 71.3 Å². The summed E-state index contributed by atoms with van der Waals surface area (Å²) in [6.07, 6.45) is 6.18. The van der Waals surface area contributed by atoms with Crippen LogP contribution in [0.2, 0.25) is 0 Å². The van der Waals surface area contributed by atoms with E-state index in [1.165, 1.54) is 31.7 Å². The Morgan fingerprint density at radius 3 is 2.50 bits per heavy atom. The van der Waals surface area contributed by atoms with Gasteiger partial charge in [0.2, 0.25) is 0 Å². The van der Waals surface area contributed by atoms with Gasteiger partial charge in [0.25, 0.3) is 0 Å². The van der Waals surface area contributed by atoms with Crippen molar-refractivity contribution >= 4 is 0 Å². The number of halogens is 1. The highest BCUT2D eigenvalue weighted by Crippen LogP contribution is 2.23. The summed E-state index contributed by atoms with van der Waals surface area (Å²) in [7, 11) is 0. The lowest BCUT2D eigenvalue weighted by Gasteiger charge is -2.26. The monoisotopic (exact) mass is 279 g/mol. The summed E-state index contributed by atoms with van der Waals surface area (Å²) in [5.41, 5.74) is 1.23. The van der Waals surface area contributed by atoms with Crippen LogP contribution in [-0.4, -0.2) is 12.1 Å². The van der Waals surface area contributed by atoms with Crippen LogP contribution >= 0.6 is 0 Å². The first kappa shape index (κ1) is 17.2. The molecule has 0 saturated carbocycles. The number of hydrogen-bond donors (Lipinski definition) is 1. The predicted octanol–water partition coefficient (Wildman–Crippen LogP) is 5.27. The van der Waals surface area contributed by atoms with Gasteiger partial charge in [-0.3, -0.25) is 0 Å². The van der Waals surface area contributed by atoms with Crippen molar-refractivity contribution in [2.45, 2.75) is 71.3 Å². The zero-order valence-electron chi connectivity index (χ0n) is 13.5. The summed E-state index contributed by atoms with van der Waals surface area (Å²) >= 11 is 0. The molecule has 20 heavy (non-hydrogen) atoms. The lowest BCUT2D eigenvalue weighted by atomic mass is 9.92. The molecule has 1 unspecified atom stereocenters. The van der Waals surface area contributed by atoms with Crippen LogP contribution in [0.5, 0.6) is 0 Å². The van der Waals surface area contributed by atoms with E-state index in [1.807, 2.05) is 6.07 Å². The standard InChI is InChI=1S/C18H30FN/c1-5-6-7-8-10-16(14-20-18(2,3)4)15-11-9-12-17(19)13-15/h9,11-13,16,20H,5-8,10,14H2,1-4H3. The fraction of sp³-hybridized carbons (Fsp3) is 0.667. The molecule has 0 aliphatic carbocycles. The Kier molecular flexibility index (Phi) is 7.22. The molecule has 0 aliphatic heterocycles. The van der Waals surface area contributed by atoms with Crippen LogP contribution in [0.3, 0.4) is 0 Å². The Labute approximate surface area is 124 Å². The maximum atomic E-state index is 13.4. The Morgan fingerprint density at radius 1 is 1.15 bits per heavy atom. The highest BCUT2D eigenvalue weighted by Gasteiger charge is 2.16. The van der Waals surface area contributed by atoms with Crippen molar-refractivity contribution in [3.63, 3.8) is 0 Å². The first-order chi connectivity index (χ1) is 9.42. The molecular weight excluding hydrogens is 249 g/mol. The number of unbranched alkanes of at least 4 members (excludes halogenated alkanes) is 3. The number of rotatable bonds is 8.